The molecule has 0 bridgehead atoms. The number of urea groups is 1. The van der Waals surface area contributed by atoms with Crippen molar-refractivity contribution in [2.24, 2.45) is 0 Å². The van der Waals surface area contributed by atoms with Crippen molar-refractivity contribution < 1.29 is 18.7 Å². The molecule has 4 heterocycles. The summed E-state index contributed by atoms with van der Waals surface area (Å²) in [5, 5.41) is 1.14. The molecule has 6 rings (SSSR count). The molecule has 37 heavy (non-hydrogen) atoms. The zero-order valence-corrected chi connectivity index (χ0v) is 22.1. The van der Waals surface area contributed by atoms with Gasteiger partial charge in [-0.25, -0.2) is 4.79 Å². The van der Waals surface area contributed by atoms with Crippen LogP contribution in [0.15, 0.2) is 58.7 Å². The molecule has 7 heteroatoms. The zero-order chi connectivity index (χ0) is 25.7. The summed E-state index contributed by atoms with van der Waals surface area (Å²) in [5.74, 6) is 2.67. The lowest BCUT2D eigenvalue weighted by molar-refractivity contribution is 0.0855. The van der Waals surface area contributed by atoms with E-state index < -0.39 is 0 Å². The van der Waals surface area contributed by atoms with Crippen LogP contribution < -0.4 is 9.47 Å². The number of methoxy groups -OCH3 is 2. The number of carbonyl (C=O) groups is 1. The topological polar surface area (TPSA) is 58.4 Å². The number of rotatable bonds is 5. The highest BCUT2D eigenvalue weighted by atomic mass is 16.5. The quantitative estimate of drug-likeness (QED) is 0.446. The van der Waals surface area contributed by atoms with E-state index in [-0.39, 0.29) is 17.5 Å². The molecule has 1 spiro atoms. The first kappa shape index (κ1) is 23.9. The molecule has 1 atom stereocenters. The summed E-state index contributed by atoms with van der Waals surface area (Å²) in [6.07, 6.45) is 4.11. The maximum atomic E-state index is 13.8. The number of furan rings is 1. The molecule has 3 aliphatic rings. The number of amides is 2. The standard InChI is InChI=1S/C30H35N3O4/c1-5-33-29(34)32-18-22-16-23(35-3)17-26(36-4)28(22)20(2)14-27(32)30(33)10-12-31(13-11-30)19-24-15-21-8-6-7-9-25(21)37-24/h6-9,14-17,20H,5,10-13,18-19H2,1-4H3/t20-/m0/s1. The van der Waals surface area contributed by atoms with E-state index in [0.29, 0.717) is 13.1 Å². The number of fused-ring (bicyclic) bond motifs is 4. The van der Waals surface area contributed by atoms with Gasteiger partial charge in [0.15, 0.2) is 0 Å². The number of nitrogens with zero attached hydrogens (tertiary/aromatic N) is 3. The number of para-hydroxylation sites is 1. The molecular formula is C30H35N3O4. The van der Waals surface area contributed by atoms with Gasteiger partial charge in [0.1, 0.15) is 22.8 Å². The maximum absolute atomic E-state index is 13.8. The molecule has 194 valence electrons. The number of allylic oxidation sites excluding steroid dienone is 1. The number of likely N-dealkylation sites (N-methyl/N-ethyl adjacent to an activating group) is 1. The second kappa shape index (κ2) is 9.14. The van der Waals surface area contributed by atoms with Gasteiger partial charge < -0.3 is 18.8 Å². The highest BCUT2D eigenvalue weighted by molar-refractivity contribution is 5.83. The molecule has 2 aromatic carbocycles. The van der Waals surface area contributed by atoms with Crippen molar-refractivity contribution in [1.29, 1.82) is 0 Å². The molecule has 2 fully saturated rings. The minimum atomic E-state index is -0.288. The molecular weight excluding hydrogens is 466 g/mol. The van der Waals surface area contributed by atoms with Crippen LogP contribution in [-0.4, -0.2) is 60.1 Å². The van der Waals surface area contributed by atoms with Crippen LogP contribution in [-0.2, 0) is 13.1 Å². The third kappa shape index (κ3) is 3.79. The van der Waals surface area contributed by atoms with E-state index in [9.17, 15) is 4.79 Å². The highest BCUT2D eigenvalue weighted by Crippen LogP contribution is 2.49. The average molecular weight is 502 g/mol. The van der Waals surface area contributed by atoms with Crippen LogP contribution in [0.3, 0.4) is 0 Å². The molecule has 3 aliphatic heterocycles. The van der Waals surface area contributed by atoms with Gasteiger partial charge in [-0.2, -0.15) is 0 Å². The fourth-order valence-corrected chi connectivity index (χ4v) is 6.68. The van der Waals surface area contributed by atoms with Crippen LogP contribution in [0, 0.1) is 0 Å². The molecule has 2 saturated heterocycles. The van der Waals surface area contributed by atoms with Crippen LogP contribution in [0.1, 0.15) is 49.5 Å². The maximum Gasteiger partial charge on any atom is 0.325 e. The molecule has 7 nitrogen and oxygen atoms in total. The van der Waals surface area contributed by atoms with Crippen molar-refractivity contribution in [1.82, 2.24) is 14.7 Å². The Kier molecular flexibility index (Phi) is 5.91. The number of piperidine rings is 1. The summed E-state index contributed by atoms with van der Waals surface area (Å²) in [5.41, 5.74) is 4.01. The number of likely N-dealkylation sites (tertiary alicyclic amines) is 1. The lowest BCUT2D eigenvalue weighted by Crippen LogP contribution is -2.53. The van der Waals surface area contributed by atoms with Gasteiger partial charge in [0.25, 0.3) is 0 Å². The Bertz CT molecular complexity index is 1340. The predicted molar refractivity (Wildman–Crippen MR) is 143 cm³/mol. The van der Waals surface area contributed by atoms with E-state index in [2.05, 4.69) is 47.9 Å². The summed E-state index contributed by atoms with van der Waals surface area (Å²) < 4.78 is 17.4. The fourth-order valence-electron chi connectivity index (χ4n) is 6.68. The van der Waals surface area contributed by atoms with Crippen molar-refractivity contribution in [3.05, 3.63) is 71.1 Å². The number of hydrogen-bond acceptors (Lipinski definition) is 5. The lowest BCUT2D eigenvalue weighted by Gasteiger charge is -2.44. The van der Waals surface area contributed by atoms with Gasteiger partial charge in [-0.15, -0.1) is 0 Å². The molecule has 0 N–H and O–H groups in total. The number of ether oxygens (including phenoxy) is 2. The van der Waals surface area contributed by atoms with E-state index in [1.807, 2.05) is 29.2 Å². The van der Waals surface area contributed by atoms with Crippen molar-refractivity contribution in [2.45, 2.75) is 51.2 Å². The van der Waals surface area contributed by atoms with Crippen LogP contribution in [0.5, 0.6) is 11.5 Å². The third-order valence-electron chi connectivity index (χ3n) is 8.45. The molecule has 0 aliphatic carbocycles. The fraction of sp³-hybridized carbons (Fsp3) is 0.433. The summed E-state index contributed by atoms with van der Waals surface area (Å²) in [6, 6.07) is 14.4. The Labute approximate surface area is 218 Å². The van der Waals surface area contributed by atoms with Crippen molar-refractivity contribution in [3.63, 3.8) is 0 Å². The minimum Gasteiger partial charge on any atom is -0.497 e. The van der Waals surface area contributed by atoms with E-state index in [1.165, 1.54) is 0 Å². The van der Waals surface area contributed by atoms with E-state index in [4.69, 9.17) is 13.9 Å². The highest BCUT2D eigenvalue weighted by Gasteiger charge is 2.54. The molecule has 0 saturated carbocycles. The van der Waals surface area contributed by atoms with Gasteiger partial charge >= 0.3 is 6.03 Å². The van der Waals surface area contributed by atoms with E-state index >= 15 is 0 Å². The summed E-state index contributed by atoms with van der Waals surface area (Å²) >= 11 is 0. The van der Waals surface area contributed by atoms with Crippen LogP contribution in [0.25, 0.3) is 11.0 Å². The molecule has 2 amide bonds. The van der Waals surface area contributed by atoms with Crippen LogP contribution in [0.4, 0.5) is 4.79 Å². The zero-order valence-electron chi connectivity index (χ0n) is 22.1. The smallest absolute Gasteiger partial charge is 0.325 e. The Morgan fingerprint density at radius 1 is 1.08 bits per heavy atom. The van der Waals surface area contributed by atoms with Gasteiger partial charge in [-0.1, -0.05) is 31.2 Å². The number of benzene rings is 2. The normalized spacial score (nSPS) is 21.1. The van der Waals surface area contributed by atoms with Gasteiger partial charge in [-0.3, -0.25) is 9.80 Å². The molecule has 0 unspecified atom stereocenters. The SMILES string of the molecule is CCN1C(=O)N2Cc3cc(OC)cc(OC)c3[C@@H](C)C=C2C12CCN(Cc1cc3ccccc3o1)CC2. The van der Waals surface area contributed by atoms with E-state index in [0.717, 1.165) is 77.5 Å². The van der Waals surface area contributed by atoms with E-state index in [1.54, 1.807) is 14.2 Å². The first-order valence-electron chi connectivity index (χ1n) is 13.2. The Balaban J connectivity index is 1.29. The average Bonchev–Trinajstić information content (AvgIpc) is 3.35. The monoisotopic (exact) mass is 501 g/mol. The molecule has 3 aromatic rings. The van der Waals surface area contributed by atoms with Crippen molar-refractivity contribution in [3.8, 4) is 11.5 Å². The first-order valence-corrected chi connectivity index (χ1v) is 13.2. The summed E-state index contributed by atoms with van der Waals surface area (Å²) in [6.45, 7) is 8.11. The van der Waals surface area contributed by atoms with Gasteiger partial charge in [0.05, 0.1) is 32.8 Å². The number of carbonyl (C=O) groups excluding carboxylic acids is 1. The number of hydrogen-bond donors (Lipinski definition) is 0. The second-order valence-corrected chi connectivity index (χ2v) is 10.4. The van der Waals surface area contributed by atoms with Gasteiger partial charge in [0, 0.05) is 48.3 Å². The summed E-state index contributed by atoms with van der Waals surface area (Å²) in [4.78, 5) is 20.4. The Morgan fingerprint density at radius 3 is 2.57 bits per heavy atom. The molecule has 1 aromatic heterocycles. The van der Waals surface area contributed by atoms with Crippen molar-refractivity contribution >= 4 is 17.0 Å². The van der Waals surface area contributed by atoms with Crippen LogP contribution in [0.2, 0.25) is 0 Å². The van der Waals surface area contributed by atoms with Gasteiger partial charge in [-0.05, 0) is 43.5 Å². The first-order chi connectivity index (χ1) is 18.0. The third-order valence-corrected chi connectivity index (χ3v) is 8.45. The van der Waals surface area contributed by atoms with Crippen molar-refractivity contribution in [2.75, 3.05) is 33.9 Å². The lowest BCUT2D eigenvalue weighted by atomic mass is 9.82. The van der Waals surface area contributed by atoms with Gasteiger partial charge in [0.2, 0.25) is 0 Å². The van der Waals surface area contributed by atoms with Crippen LogP contribution >= 0.6 is 0 Å². The summed E-state index contributed by atoms with van der Waals surface area (Å²) in [7, 11) is 3.36. The minimum absolute atomic E-state index is 0.0984. The second-order valence-electron chi connectivity index (χ2n) is 10.4. The largest absolute Gasteiger partial charge is 0.497 e. The predicted octanol–water partition coefficient (Wildman–Crippen LogP) is 5.74. The Hall–Kier alpha value is -3.45. The Morgan fingerprint density at radius 2 is 1.86 bits per heavy atom. The molecule has 0 radical (unpaired) electrons.